The summed E-state index contributed by atoms with van der Waals surface area (Å²) in [6.45, 7) is 3.52. The summed E-state index contributed by atoms with van der Waals surface area (Å²) in [6, 6.07) is 5.83. The molecule has 4 nitrogen and oxygen atoms in total. The molecule has 118 valence electrons. The SMILES string of the molecule is N#Cc1ccc(NCC2(N3CCCCC3)CCCCC2)cn1. The first-order chi connectivity index (χ1) is 10.8. The normalized spacial score (nSPS) is 22.0. The van der Waals surface area contributed by atoms with Gasteiger partial charge in [-0.3, -0.25) is 4.90 Å². The highest BCUT2D eigenvalue weighted by Crippen LogP contribution is 2.35. The first-order valence-corrected chi connectivity index (χ1v) is 8.68. The van der Waals surface area contributed by atoms with Crippen molar-refractivity contribution in [3.63, 3.8) is 0 Å². The van der Waals surface area contributed by atoms with Gasteiger partial charge < -0.3 is 5.32 Å². The predicted molar refractivity (Wildman–Crippen MR) is 88.7 cm³/mol. The number of pyridine rings is 1. The van der Waals surface area contributed by atoms with E-state index in [-0.39, 0.29) is 0 Å². The zero-order valence-electron chi connectivity index (χ0n) is 13.4. The first-order valence-electron chi connectivity index (χ1n) is 8.68. The van der Waals surface area contributed by atoms with E-state index >= 15 is 0 Å². The number of anilines is 1. The minimum absolute atomic E-state index is 0.326. The van der Waals surface area contributed by atoms with Crippen LogP contribution in [0.4, 0.5) is 5.69 Å². The van der Waals surface area contributed by atoms with Gasteiger partial charge in [-0.1, -0.05) is 25.7 Å². The Morgan fingerprint density at radius 2 is 1.82 bits per heavy atom. The van der Waals surface area contributed by atoms with Crippen molar-refractivity contribution < 1.29 is 0 Å². The Bertz CT molecular complexity index is 505. The monoisotopic (exact) mass is 298 g/mol. The summed E-state index contributed by atoms with van der Waals surface area (Å²) in [4.78, 5) is 6.91. The van der Waals surface area contributed by atoms with Gasteiger partial charge in [0.05, 0.1) is 11.9 Å². The van der Waals surface area contributed by atoms with Crippen LogP contribution in [0.15, 0.2) is 18.3 Å². The molecule has 0 radical (unpaired) electrons. The molecule has 1 saturated heterocycles. The van der Waals surface area contributed by atoms with Crippen LogP contribution in [0.1, 0.15) is 57.1 Å². The average molecular weight is 298 g/mol. The summed E-state index contributed by atoms with van der Waals surface area (Å²) in [5, 5.41) is 12.4. The largest absolute Gasteiger partial charge is 0.382 e. The Balaban J connectivity index is 1.68. The van der Waals surface area contributed by atoms with Crippen LogP contribution in [0.25, 0.3) is 0 Å². The number of aromatic nitrogens is 1. The van der Waals surface area contributed by atoms with Crippen LogP contribution in [-0.4, -0.2) is 35.1 Å². The van der Waals surface area contributed by atoms with Gasteiger partial charge in [-0.25, -0.2) is 4.98 Å². The molecule has 1 aromatic heterocycles. The fourth-order valence-electron chi connectivity index (χ4n) is 4.01. The third-order valence-corrected chi connectivity index (χ3v) is 5.31. The number of nitriles is 1. The topological polar surface area (TPSA) is 52.0 Å². The molecule has 2 heterocycles. The van der Waals surface area contributed by atoms with Crippen LogP contribution in [0, 0.1) is 11.3 Å². The first kappa shape index (κ1) is 15.3. The fraction of sp³-hybridized carbons (Fsp3) is 0.667. The summed E-state index contributed by atoms with van der Waals surface area (Å²) in [5.74, 6) is 0. The highest BCUT2D eigenvalue weighted by atomic mass is 15.2. The van der Waals surface area contributed by atoms with Crippen molar-refractivity contribution in [2.45, 2.75) is 56.9 Å². The third-order valence-electron chi connectivity index (χ3n) is 5.31. The number of likely N-dealkylation sites (tertiary alicyclic amines) is 1. The van der Waals surface area contributed by atoms with Crippen molar-refractivity contribution in [3.8, 4) is 6.07 Å². The van der Waals surface area contributed by atoms with Crippen LogP contribution in [0.3, 0.4) is 0 Å². The zero-order chi connectivity index (χ0) is 15.3. The second kappa shape index (κ2) is 7.11. The standard InChI is InChI=1S/C18H26N4/c19-13-16-7-8-17(14-20-16)21-15-18(9-3-1-4-10-18)22-11-5-2-6-12-22/h7-8,14,21H,1-6,9-12,15H2. The molecule has 2 aliphatic rings. The van der Waals surface area contributed by atoms with Crippen LogP contribution >= 0.6 is 0 Å². The van der Waals surface area contributed by atoms with E-state index < -0.39 is 0 Å². The molecule has 1 aliphatic carbocycles. The molecular weight excluding hydrogens is 272 g/mol. The summed E-state index contributed by atoms with van der Waals surface area (Å²) in [7, 11) is 0. The van der Waals surface area contributed by atoms with E-state index in [1.807, 2.05) is 6.07 Å². The van der Waals surface area contributed by atoms with Gasteiger partial charge in [0.15, 0.2) is 0 Å². The average Bonchev–Trinajstić information content (AvgIpc) is 2.62. The van der Waals surface area contributed by atoms with Gasteiger partial charge >= 0.3 is 0 Å². The quantitative estimate of drug-likeness (QED) is 0.923. The van der Waals surface area contributed by atoms with E-state index in [2.05, 4.69) is 21.3 Å². The zero-order valence-corrected chi connectivity index (χ0v) is 13.4. The van der Waals surface area contributed by atoms with E-state index in [0.717, 1.165) is 12.2 Å². The Morgan fingerprint density at radius 1 is 1.09 bits per heavy atom. The van der Waals surface area contributed by atoms with Crippen LogP contribution in [0.2, 0.25) is 0 Å². The van der Waals surface area contributed by atoms with Gasteiger partial charge in [-0.2, -0.15) is 5.26 Å². The van der Waals surface area contributed by atoms with E-state index in [4.69, 9.17) is 5.26 Å². The molecule has 1 aliphatic heterocycles. The molecular formula is C18H26N4. The molecule has 1 saturated carbocycles. The Hall–Kier alpha value is -1.60. The number of hydrogen-bond acceptors (Lipinski definition) is 4. The van der Waals surface area contributed by atoms with Gasteiger partial charge in [0.1, 0.15) is 11.8 Å². The summed E-state index contributed by atoms with van der Waals surface area (Å²) in [6.07, 6.45) is 12.6. The van der Waals surface area contributed by atoms with Crippen molar-refractivity contribution in [3.05, 3.63) is 24.0 Å². The molecule has 0 amide bonds. The van der Waals surface area contributed by atoms with Crippen LogP contribution in [-0.2, 0) is 0 Å². The molecule has 0 atom stereocenters. The third kappa shape index (κ3) is 3.41. The second-order valence-corrected chi connectivity index (χ2v) is 6.73. The maximum atomic E-state index is 8.83. The van der Waals surface area contributed by atoms with Crippen molar-refractivity contribution in [2.75, 3.05) is 25.0 Å². The number of nitrogens with zero attached hydrogens (tertiary/aromatic N) is 3. The number of hydrogen-bond donors (Lipinski definition) is 1. The molecule has 0 unspecified atom stereocenters. The lowest BCUT2D eigenvalue weighted by Crippen LogP contribution is -2.56. The highest BCUT2D eigenvalue weighted by Gasteiger charge is 2.38. The molecule has 2 fully saturated rings. The second-order valence-electron chi connectivity index (χ2n) is 6.73. The minimum atomic E-state index is 0.326. The summed E-state index contributed by atoms with van der Waals surface area (Å²) < 4.78 is 0. The van der Waals surface area contributed by atoms with Gasteiger partial charge in [0, 0.05) is 12.1 Å². The fourth-order valence-corrected chi connectivity index (χ4v) is 4.01. The molecule has 22 heavy (non-hydrogen) atoms. The number of rotatable bonds is 4. The van der Waals surface area contributed by atoms with Crippen molar-refractivity contribution >= 4 is 5.69 Å². The molecule has 1 aromatic rings. The lowest BCUT2D eigenvalue weighted by molar-refractivity contribution is 0.0437. The highest BCUT2D eigenvalue weighted by molar-refractivity contribution is 5.43. The lowest BCUT2D eigenvalue weighted by atomic mass is 9.79. The predicted octanol–water partition coefficient (Wildman–Crippen LogP) is 3.55. The minimum Gasteiger partial charge on any atom is -0.382 e. The Morgan fingerprint density at radius 3 is 2.45 bits per heavy atom. The molecule has 0 bridgehead atoms. The molecule has 4 heteroatoms. The smallest absolute Gasteiger partial charge is 0.140 e. The van der Waals surface area contributed by atoms with E-state index in [0.29, 0.717) is 11.2 Å². The maximum Gasteiger partial charge on any atom is 0.140 e. The van der Waals surface area contributed by atoms with Gasteiger partial charge in [-0.15, -0.1) is 0 Å². The Labute approximate surface area is 133 Å². The van der Waals surface area contributed by atoms with Crippen molar-refractivity contribution in [1.82, 2.24) is 9.88 Å². The molecule has 0 spiro atoms. The maximum absolute atomic E-state index is 8.83. The van der Waals surface area contributed by atoms with Crippen molar-refractivity contribution in [2.24, 2.45) is 0 Å². The van der Waals surface area contributed by atoms with Crippen LogP contribution < -0.4 is 5.32 Å². The Kier molecular flexibility index (Phi) is 4.94. The van der Waals surface area contributed by atoms with Crippen molar-refractivity contribution in [1.29, 1.82) is 5.26 Å². The van der Waals surface area contributed by atoms with Crippen LogP contribution in [0.5, 0.6) is 0 Å². The number of piperidine rings is 1. The molecule has 3 rings (SSSR count). The van der Waals surface area contributed by atoms with E-state index in [1.54, 1.807) is 12.3 Å². The van der Waals surface area contributed by atoms with Gasteiger partial charge in [-0.05, 0) is 50.9 Å². The van der Waals surface area contributed by atoms with E-state index in [1.165, 1.54) is 64.5 Å². The summed E-state index contributed by atoms with van der Waals surface area (Å²) in [5.41, 5.74) is 1.84. The van der Waals surface area contributed by atoms with Gasteiger partial charge in [0.25, 0.3) is 0 Å². The molecule has 1 N–H and O–H groups in total. The summed E-state index contributed by atoms with van der Waals surface area (Å²) >= 11 is 0. The van der Waals surface area contributed by atoms with Gasteiger partial charge in [0.2, 0.25) is 0 Å². The number of nitrogens with one attached hydrogen (secondary N) is 1. The molecule has 0 aromatic carbocycles. The lowest BCUT2D eigenvalue weighted by Gasteiger charge is -2.48. The van der Waals surface area contributed by atoms with E-state index in [9.17, 15) is 0 Å².